The van der Waals surface area contributed by atoms with Gasteiger partial charge in [0.05, 0.1) is 5.92 Å². The molecule has 0 amide bonds. The highest BCUT2D eigenvalue weighted by atomic mass is 16.6. The largest absolute Gasteiger partial charge is 0.426 e. The van der Waals surface area contributed by atoms with Crippen molar-refractivity contribution in [3.05, 3.63) is 63.1 Å². The summed E-state index contributed by atoms with van der Waals surface area (Å²) < 4.78 is 9.49. The van der Waals surface area contributed by atoms with Gasteiger partial charge in [-0.1, -0.05) is 51.1 Å². The highest BCUT2D eigenvalue weighted by Gasteiger charge is 2.52. The van der Waals surface area contributed by atoms with Gasteiger partial charge in [0.15, 0.2) is 11.2 Å². The minimum Gasteiger partial charge on any atom is -0.426 e. The van der Waals surface area contributed by atoms with Gasteiger partial charge < -0.3 is 4.74 Å². The summed E-state index contributed by atoms with van der Waals surface area (Å²) in [5.74, 6) is -1.39. The molecule has 9 heteroatoms. The topological polar surface area (TPSA) is 105 Å². The van der Waals surface area contributed by atoms with Crippen LogP contribution < -0.4 is 11.2 Å². The normalized spacial score (nSPS) is 21.6. The average molecular weight is 424 g/mol. The number of ether oxygens (including phenoxy) is 1. The highest BCUT2D eigenvalue weighted by molar-refractivity contribution is 5.97. The van der Waals surface area contributed by atoms with E-state index in [-0.39, 0.29) is 29.3 Å². The van der Waals surface area contributed by atoms with Crippen LogP contribution >= 0.6 is 0 Å². The number of benzene rings is 1. The number of hydrogen-bond donors (Lipinski definition) is 0. The fourth-order valence-corrected chi connectivity index (χ4v) is 4.03. The summed E-state index contributed by atoms with van der Waals surface area (Å²) >= 11 is 0. The Balaban J connectivity index is 2.11. The first-order valence-electron chi connectivity index (χ1n) is 10.2. The molecule has 162 valence electrons. The molecule has 0 aliphatic carbocycles. The number of imidazole rings is 1. The number of fused-ring (bicyclic) bond motifs is 1. The summed E-state index contributed by atoms with van der Waals surface area (Å²) in [4.78, 5) is 56.3. The maximum absolute atomic E-state index is 13.4. The Kier molecular flexibility index (Phi) is 4.91. The van der Waals surface area contributed by atoms with Crippen LogP contribution in [0, 0.1) is 11.8 Å². The van der Waals surface area contributed by atoms with E-state index < -0.39 is 28.9 Å². The zero-order valence-electron chi connectivity index (χ0n) is 17.9. The molecule has 2 aromatic heterocycles. The standard InChI is InChI=1S/C22H24N4O5/c1-13(2)11-25-18-17(19(28)24(4)21(25)30)26(12-23-18)22(15-8-6-5-7-9-15)16(27)10-14(3)20(29)31-22/h5-9,12-14H,10-11H2,1-4H3. The van der Waals surface area contributed by atoms with E-state index in [4.69, 9.17) is 4.74 Å². The Hall–Kier alpha value is -3.49. The molecule has 0 bridgehead atoms. The van der Waals surface area contributed by atoms with Gasteiger partial charge in [0.2, 0.25) is 5.78 Å². The number of nitrogens with zero attached hydrogens (tertiary/aromatic N) is 4. The number of esters is 1. The van der Waals surface area contributed by atoms with Crippen molar-refractivity contribution in [3.63, 3.8) is 0 Å². The minimum atomic E-state index is -1.87. The molecule has 2 atom stereocenters. The van der Waals surface area contributed by atoms with Crippen LogP contribution in [0.1, 0.15) is 32.8 Å². The van der Waals surface area contributed by atoms with Gasteiger partial charge >= 0.3 is 11.7 Å². The van der Waals surface area contributed by atoms with Crippen molar-refractivity contribution in [3.8, 4) is 0 Å². The molecule has 9 nitrogen and oxygen atoms in total. The van der Waals surface area contributed by atoms with Crippen LogP contribution in [0.3, 0.4) is 0 Å². The molecule has 1 fully saturated rings. The SMILES string of the molecule is CC(C)Cn1c(=O)n(C)c(=O)c2c1ncn2C1(c2ccccc2)OC(=O)C(C)CC1=O. The van der Waals surface area contributed by atoms with Gasteiger partial charge in [-0.3, -0.25) is 28.1 Å². The predicted octanol–water partition coefficient (Wildman–Crippen LogP) is 1.41. The lowest BCUT2D eigenvalue weighted by atomic mass is 9.88. The van der Waals surface area contributed by atoms with Crippen LogP contribution in [0.25, 0.3) is 11.2 Å². The lowest BCUT2D eigenvalue weighted by Gasteiger charge is -2.38. The summed E-state index contributed by atoms with van der Waals surface area (Å²) in [5.41, 5.74) is -2.39. The lowest BCUT2D eigenvalue weighted by molar-refractivity contribution is -0.185. The van der Waals surface area contributed by atoms with Gasteiger partial charge in [-0.25, -0.2) is 9.78 Å². The molecule has 2 unspecified atom stereocenters. The van der Waals surface area contributed by atoms with Gasteiger partial charge in [0, 0.05) is 25.6 Å². The van der Waals surface area contributed by atoms with E-state index in [9.17, 15) is 19.2 Å². The second kappa shape index (κ2) is 7.33. The molecule has 3 aromatic rings. The predicted molar refractivity (Wildman–Crippen MR) is 112 cm³/mol. The number of carbonyl (C=O) groups is 2. The van der Waals surface area contributed by atoms with Crippen molar-refractivity contribution < 1.29 is 14.3 Å². The third-order valence-electron chi connectivity index (χ3n) is 5.60. The third-order valence-corrected chi connectivity index (χ3v) is 5.60. The summed E-state index contributed by atoms with van der Waals surface area (Å²) in [7, 11) is 1.38. The minimum absolute atomic E-state index is 0.0299. The van der Waals surface area contributed by atoms with E-state index >= 15 is 0 Å². The number of hydrogen-bond acceptors (Lipinski definition) is 6. The van der Waals surface area contributed by atoms with E-state index in [1.54, 1.807) is 37.3 Å². The molecular weight excluding hydrogens is 400 g/mol. The first kappa shape index (κ1) is 20.8. The van der Waals surface area contributed by atoms with E-state index in [1.807, 2.05) is 13.8 Å². The molecule has 0 saturated carbocycles. The summed E-state index contributed by atoms with van der Waals surface area (Å²) in [6.07, 6.45) is 1.26. The second-order valence-corrected chi connectivity index (χ2v) is 8.40. The fourth-order valence-electron chi connectivity index (χ4n) is 4.03. The third kappa shape index (κ3) is 3.03. The summed E-state index contributed by atoms with van der Waals surface area (Å²) in [5, 5.41) is 0. The first-order chi connectivity index (χ1) is 14.7. The Bertz CT molecular complexity index is 1300. The van der Waals surface area contributed by atoms with Crippen molar-refractivity contribution in [1.82, 2.24) is 18.7 Å². The van der Waals surface area contributed by atoms with Crippen molar-refractivity contribution in [1.29, 1.82) is 0 Å². The smallest absolute Gasteiger partial charge is 0.332 e. The number of carbonyl (C=O) groups excluding carboxylic acids is 2. The maximum Gasteiger partial charge on any atom is 0.332 e. The van der Waals surface area contributed by atoms with Crippen LogP contribution in [0.2, 0.25) is 0 Å². The molecule has 0 spiro atoms. The Morgan fingerprint density at radius 3 is 2.48 bits per heavy atom. The van der Waals surface area contributed by atoms with Crippen LogP contribution in [0.15, 0.2) is 46.2 Å². The van der Waals surface area contributed by atoms with Crippen LogP contribution in [0.4, 0.5) is 0 Å². The van der Waals surface area contributed by atoms with Crippen molar-refractivity contribution >= 4 is 22.9 Å². The molecular formula is C22H24N4O5. The monoisotopic (exact) mass is 424 g/mol. The molecule has 0 N–H and O–H groups in total. The van der Waals surface area contributed by atoms with Crippen LogP contribution in [-0.4, -0.2) is 30.4 Å². The van der Waals surface area contributed by atoms with Gasteiger partial charge in [-0.2, -0.15) is 0 Å². The molecule has 1 aromatic carbocycles. The quantitative estimate of drug-likeness (QED) is 0.587. The Labute approximate surface area is 177 Å². The second-order valence-electron chi connectivity index (χ2n) is 8.40. The Morgan fingerprint density at radius 1 is 1.16 bits per heavy atom. The summed E-state index contributed by atoms with van der Waals surface area (Å²) in [6, 6.07) is 8.56. The fraction of sp³-hybridized carbons (Fsp3) is 0.409. The highest BCUT2D eigenvalue weighted by Crippen LogP contribution is 2.37. The number of aromatic nitrogens is 4. The first-order valence-corrected chi connectivity index (χ1v) is 10.2. The van der Waals surface area contributed by atoms with Crippen LogP contribution in [-0.2, 0) is 33.6 Å². The molecule has 1 saturated heterocycles. The molecule has 1 aliphatic heterocycles. The molecule has 1 aliphatic rings. The van der Waals surface area contributed by atoms with E-state index in [2.05, 4.69) is 4.98 Å². The molecule has 3 heterocycles. The number of cyclic esters (lactones) is 1. The zero-order valence-corrected chi connectivity index (χ0v) is 17.9. The van der Waals surface area contributed by atoms with Crippen molar-refractivity contribution in [2.24, 2.45) is 18.9 Å². The van der Waals surface area contributed by atoms with Gasteiger partial charge in [0.1, 0.15) is 6.33 Å². The van der Waals surface area contributed by atoms with Crippen molar-refractivity contribution in [2.45, 2.75) is 39.5 Å². The number of rotatable bonds is 4. The summed E-state index contributed by atoms with van der Waals surface area (Å²) in [6.45, 7) is 5.85. The van der Waals surface area contributed by atoms with E-state index in [1.165, 1.54) is 22.5 Å². The molecule has 4 rings (SSSR count). The maximum atomic E-state index is 13.4. The lowest BCUT2D eigenvalue weighted by Crippen LogP contribution is -2.53. The molecule has 0 radical (unpaired) electrons. The van der Waals surface area contributed by atoms with Crippen molar-refractivity contribution in [2.75, 3.05) is 0 Å². The molecule has 31 heavy (non-hydrogen) atoms. The van der Waals surface area contributed by atoms with Crippen LogP contribution in [0.5, 0.6) is 0 Å². The number of Topliss-reactive ketones (excluding diaryl/α,β-unsaturated/α-hetero) is 1. The Morgan fingerprint density at radius 2 is 1.84 bits per heavy atom. The average Bonchev–Trinajstić information content (AvgIpc) is 3.18. The number of ketones is 1. The van der Waals surface area contributed by atoms with Gasteiger partial charge in [0.25, 0.3) is 11.3 Å². The zero-order chi connectivity index (χ0) is 22.5. The van der Waals surface area contributed by atoms with E-state index in [0.29, 0.717) is 12.1 Å². The van der Waals surface area contributed by atoms with E-state index in [0.717, 1.165) is 4.57 Å². The van der Waals surface area contributed by atoms with Gasteiger partial charge in [-0.15, -0.1) is 0 Å². The van der Waals surface area contributed by atoms with Gasteiger partial charge in [-0.05, 0) is 5.92 Å².